The van der Waals surface area contributed by atoms with Crippen LogP contribution in [0.3, 0.4) is 0 Å². The van der Waals surface area contributed by atoms with Crippen LogP contribution in [0.2, 0.25) is 0 Å². The molecule has 0 aromatic heterocycles. The Morgan fingerprint density at radius 2 is 1.87 bits per heavy atom. The average Bonchev–Trinajstić information content (AvgIpc) is 1.96. The first-order chi connectivity index (χ1) is 6.18. The van der Waals surface area contributed by atoms with Crippen LogP contribution in [0.5, 0.6) is 0 Å². The van der Waals surface area contributed by atoms with Crippen molar-refractivity contribution < 1.29 is 48.3 Å². The molecule has 1 unspecified atom stereocenters. The van der Waals surface area contributed by atoms with Gasteiger partial charge in [-0.3, -0.25) is 13.9 Å². The van der Waals surface area contributed by atoms with Crippen molar-refractivity contribution in [1.29, 1.82) is 0 Å². The van der Waals surface area contributed by atoms with Gasteiger partial charge in [-0.05, 0) is 18.4 Å². The summed E-state index contributed by atoms with van der Waals surface area (Å²) in [4.78, 5) is 10.1. The number of nitrogens with two attached hydrogens (primary N) is 1. The Morgan fingerprint density at radius 1 is 1.53 bits per heavy atom. The second-order valence-electron chi connectivity index (χ2n) is 2.17. The van der Waals surface area contributed by atoms with Crippen LogP contribution in [-0.4, -0.2) is 46.6 Å². The summed E-state index contributed by atoms with van der Waals surface area (Å²) in [7, 11) is -4.67. The van der Waals surface area contributed by atoms with Crippen molar-refractivity contribution in [2.75, 3.05) is 12.0 Å². The maximum Gasteiger partial charge on any atom is 1.00 e. The Kier molecular flexibility index (Phi) is 14.8. The topological polar surface area (TPSA) is 138 Å². The van der Waals surface area contributed by atoms with E-state index < -0.39 is 22.4 Å². The molecule has 10 heteroatoms. The van der Waals surface area contributed by atoms with Gasteiger partial charge >= 0.3 is 17.8 Å². The van der Waals surface area contributed by atoms with Crippen LogP contribution in [0.1, 0.15) is 7.85 Å². The molecule has 0 heterocycles. The average molecular weight is 314 g/mol. The van der Waals surface area contributed by atoms with Crippen LogP contribution in [0, 0.1) is 0 Å². The van der Waals surface area contributed by atoms with Gasteiger partial charge in [0, 0.05) is 19.5 Å². The van der Waals surface area contributed by atoms with Crippen molar-refractivity contribution in [3.63, 3.8) is 0 Å². The van der Waals surface area contributed by atoms with Crippen molar-refractivity contribution in [3.05, 3.63) is 0 Å². The number of hydrogen-bond donors (Lipinski definition) is 4. The Hall–Kier alpha value is 0.273. The molecule has 0 aromatic rings. The number of carboxylic acids is 1. The van der Waals surface area contributed by atoms with E-state index in [0.29, 0.717) is 6.42 Å². The molecular weight excluding hydrogens is 300 g/mol. The van der Waals surface area contributed by atoms with E-state index in [9.17, 15) is 4.79 Å². The monoisotopic (exact) mass is 312 g/mol. The van der Waals surface area contributed by atoms with Gasteiger partial charge in [-0.2, -0.15) is 20.2 Å². The van der Waals surface area contributed by atoms with Crippen molar-refractivity contribution >= 4 is 28.1 Å². The quantitative estimate of drug-likeness (QED) is 0.406. The van der Waals surface area contributed by atoms with Gasteiger partial charge in [0.2, 0.25) is 0 Å². The van der Waals surface area contributed by atoms with E-state index >= 15 is 0 Å². The smallest absolute Gasteiger partial charge is 0.480 e. The molecule has 15 heavy (non-hydrogen) atoms. The molecule has 7 nitrogen and oxygen atoms in total. The minimum atomic E-state index is -4.67. The van der Waals surface area contributed by atoms with Gasteiger partial charge in [-0.25, -0.2) is 0 Å². The molecular formula is C5H14NO6S2Zn+. The first-order valence-electron chi connectivity index (χ1n) is 3.35. The van der Waals surface area contributed by atoms with E-state index in [2.05, 4.69) is 0 Å². The Balaban J connectivity index is -0.0000000904. The van der Waals surface area contributed by atoms with Gasteiger partial charge in [-0.15, -0.1) is 0 Å². The summed E-state index contributed by atoms with van der Waals surface area (Å²) >= 11 is 1.60. The van der Waals surface area contributed by atoms with E-state index in [-0.39, 0.29) is 20.9 Å². The summed E-state index contributed by atoms with van der Waals surface area (Å²) in [6.45, 7) is 0. The van der Waals surface area contributed by atoms with Crippen molar-refractivity contribution in [1.82, 2.24) is 0 Å². The second kappa shape index (κ2) is 10.8. The van der Waals surface area contributed by atoms with Gasteiger partial charge in [0.15, 0.2) is 0 Å². The zero-order chi connectivity index (χ0) is 11.8. The van der Waals surface area contributed by atoms with E-state index in [1.807, 2.05) is 6.26 Å². The second-order valence-corrected chi connectivity index (χ2v) is 4.06. The zero-order valence-electron chi connectivity index (χ0n) is 9.16. The van der Waals surface area contributed by atoms with Gasteiger partial charge in [0.1, 0.15) is 6.04 Å². The molecule has 0 amide bonds. The van der Waals surface area contributed by atoms with E-state index in [0.717, 1.165) is 5.75 Å². The van der Waals surface area contributed by atoms with Gasteiger partial charge in [-0.1, -0.05) is 0 Å². The maximum atomic E-state index is 10.1. The summed E-state index contributed by atoms with van der Waals surface area (Å²) in [6.07, 6.45) is 2.48. The number of thioether (sulfide) groups is 1. The molecule has 0 spiro atoms. The predicted octanol–water partition coefficient (Wildman–Crippen LogP) is -0.391. The summed E-state index contributed by atoms with van der Waals surface area (Å²) in [5, 5.41) is 8.27. The molecule has 0 saturated heterocycles. The Bertz CT molecular complexity index is 254. The molecule has 0 radical (unpaired) electrons. The number of aliphatic carboxylic acids is 1. The van der Waals surface area contributed by atoms with Crippen molar-refractivity contribution in [2.24, 2.45) is 5.73 Å². The van der Waals surface area contributed by atoms with Crippen LogP contribution in [-0.2, 0) is 34.7 Å². The molecule has 0 aliphatic carbocycles. The summed E-state index contributed by atoms with van der Waals surface area (Å²) < 4.78 is 31.6. The minimum absolute atomic E-state index is 0. The van der Waals surface area contributed by atoms with Crippen molar-refractivity contribution in [3.8, 4) is 0 Å². The molecule has 0 saturated carbocycles. The van der Waals surface area contributed by atoms with Gasteiger partial charge < -0.3 is 10.8 Å². The molecule has 5 N–H and O–H groups in total. The minimum Gasteiger partial charge on any atom is -0.480 e. The summed E-state index contributed by atoms with van der Waals surface area (Å²) in [5.74, 6) is -0.1000. The van der Waals surface area contributed by atoms with Crippen LogP contribution in [0.4, 0.5) is 0 Å². The maximum absolute atomic E-state index is 10.1. The fraction of sp³-hybridized carbons (Fsp3) is 0.800. The molecule has 1 atom stereocenters. The fourth-order valence-electron chi connectivity index (χ4n) is 0.368. The molecule has 0 aliphatic heterocycles. The number of carboxylic acid groups (broad SMARTS) is 1. The van der Waals surface area contributed by atoms with Crippen LogP contribution in [0.25, 0.3) is 0 Å². The van der Waals surface area contributed by atoms with E-state index in [1.54, 1.807) is 11.8 Å². The number of carbonyl (C=O) groups is 1. The fourth-order valence-corrected chi connectivity index (χ4v) is 0.858. The third-order valence-corrected chi connectivity index (χ3v) is 1.59. The number of rotatable bonds is 4. The molecule has 0 fully saturated rings. The molecule has 0 bridgehead atoms. The summed E-state index contributed by atoms with van der Waals surface area (Å²) in [6, 6.07) is -0.683. The standard InChI is InChI=1S/C5H11NO2S.H2O4S.Zn/c1-9-3-2-4(6)5(7)8;1-5(2,3)4;/h4H,2-3,6H2,1H3,(H,7,8);(H2,1,2,3,4);/p+1. The first kappa shape index (κ1) is 20.7. The van der Waals surface area contributed by atoms with Gasteiger partial charge in [0.05, 0.1) is 0 Å². The molecule has 88 valence electrons. The molecule has 0 aliphatic rings. The van der Waals surface area contributed by atoms with E-state index in [4.69, 9.17) is 28.4 Å². The number of hydrogen-bond acceptors (Lipinski definition) is 5. The van der Waals surface area contributed by atoms with Crippen LogP contribution < -0.4 is 5.73 Å². The predicted molar refractivity (Wildman–Crippen MR) is 53.9 cm³/mol. The third-order valence-electron chi connectivity index (χ3n) is 0.950. The normalized spacial score (nSPS) is 11.7. The van der Waals surface area contributed by atoms with Crippen LogP contribution in [0.15, 0.2) is 0 Å². The Labute approximate surface area is 107 Å². The van der Waals surface area contributed by atoms with E-state index in [1.165, 1.54) is 0 Å². The van der Waals surface area contributed by atoms with Crippen molar-refractivity contribution in [2.45, 2.75) is 12.5 Å². The van der Waals surface area contributed by atoms with Crippen LogP contribution >= 0.6 is 11.8 Å². The SMILES string of the molecule is CSCCC(N)C(=O)O.O=S(=O)(O)O.[H+].[Zn]. The zero-order valence-corrected chi connectivity index (χ0v) is 12.8. The largest absolute Gasteiger partial charge is 1.00 e. The molecule has 0 aromatic carbocycles. The summed E-state index contributed by atoms with van der Waals surface area (Å²) in [5.41, 5.74) is 5.19. The van der Waals surface area contributed by atoms with Gasteiger partial charge in [0.25, 0.3) is 0 Å². The first-order valence-corrected chi connectivity index (χ1v) is 6.14. The molecule has 0 rings (SSSR count). The Morgan fingerprint density at radius 3 is 2.07 bits per heavy atom. The third kappa shape index (κ3) is 31.4.